The van der Waals surface area contributed by atoms with Crippen LogP contribution in [0.1, 0.15) is 42.2 Å². The quantitative estimate of drug-likeness (QED) is 0.840. The van der Waals surface area contributed by atoms with Crippen molar-refractivity contribution in [2.24, 2.45) is 0 Å². The first-order chi connectivity index (χ1) is 9.22. The monoisotopic (exact) mass is 281 g/mol. The molecule has 0 aromatic carbocycles. The Morgan fingerprint density at radius 1 is 1.32 bits per heavy atom. The lowest BCUT2D eigenvalue weighted by Gasteiger charge is -2.22. The van der Waals surface area contributed by atoms with E-state index in [1.54, 1.807) is 0 Å². The number of hydrogen-bond acceptors (Lipinski definition) is 5. The molecule has 1 aliphatic heterocycles. The van der Waals surface area contributed by atoms with Gasteiger partial charge < -0.3 is 10.1 Å². The van der Waals surface area contributed by atoms with Crippen LogP contribution in [0.2, 0.25) is 0 Å². The molecule has 0 bridgehead atoms. The van der Waals surface area contributed by atoms with Crippen LogP contribution < -0.4 is 5.32 Å². The number of nitrogens with one attached hydrogen (secondary N) is 1. The average Bonchev–Trinajstić information content (AvgIpc) is 2.43. The van der Waals surface area contributed by atoms with Crippen LogP contribution in [0.15, 0.2) is 0 Å². The Labute approximate surface area is 119 Å². The number of thioether (sulfide) groups is 1. The lowest BCUT2D eigenvalue weighted by molar-refractivity contribution is 0.0691. The Kier molecular flexibility index (Phi) is 5.60. The second-order valence-electron chi connectivity index (χ2n) is 4.84. The zero-order chi connectivity index (χ0) is 13.7. The highest BCUT2D eigenvalue weighted by Crippen LogP contribution is 2.25. The van der Waals surface area contributed by atoms with Gasteiger partial charge in [0.15, 0.2) is 5.82 Å². The van der Waals surface area contributed by atoms with Gasteiger partial charge in [0.1, 0.15) is 6.10 Å². The van der Waals surface area contributed by atoms with Gasteiger partial charge in [-0.2, -0.15) is 11.8 Å². The van der Waals surface area contributed by atoms with Crippen LogP contribution in [0.5, 0.6) is 0 Å². The molecule has 1 aromatic heterocycles. The molecule has 0 saturated carbocycles. The van der Waals surface area contributed by atoms with Crippen molar-refractivity contribution < 1.29 is 4.74 Å². The van der Waals surface area contributed by atoms with E-state index in [9.17, 15) is 0 Å². The van der Waals surface area contributed by atoms with Gasteiger partial charge in [-0.05, 0) is 26.8 Å². The molecule has 1 saturated heterocycles. The Morgan fingerprint density at radius 3 is 2.63 bits per heavy atom. The highest BCUT2D eigenvalue weighted by atomic mass is 32.2. The molecule has 1 aromatic rings. The molecular weight excluding hydrogens is 258 g/mol. The summed E-state index contributed by atoms with van der Waals surface area (Å²) < 4.78 is 5.75. The standard InChI is InChI=1S/C14H23N3OS/c1-4-5-15-8-12-10(2)16-14(17-11(12)3)13-9-19-7-6-18-13/h13,15H,4-9H2,1-3H3. The number of rotatable bonds is 5. The van der Waals surface area contributed by atoms with E-state index in [-0.39, 0.29) is 6.10 Å². The third kappa shape index (κ3) is 3.91. The van der Waals surface area contributed by atoms with Crippen molar-refractivity contribution in [3.63, 3.8) is 0 Å². The molecule has 106 valence electrons. The van der Waals surface area contributed by atoms with Crippen LogP contribution in [-0.4, -0.2) is 34.6 Å². The zero-order valence-electron chi connectivity index (χ0n) is 12.0. The average molecular weight is 281 g/mol. The van der Waals surface area contributed by atoms with E-state index >= 15 is 0 Å². The summed E-state index contributed by atoms with van der Waals surface area (Å²) in [4.78, 5) is 9.29. The molecule has 19 heavy (non-hydrogen) atoms. The summed E-state index contributed by atoms with van der Waals surface area (Å²) >= 11 is 1.91. The molecule has 1 unspecified atom stereocenters. The van der Waals surface area contributed by atoms with Crippen LogP contribution in [0.3, 0.4) is 0 Å². The molecule has 0 radical (unpaired) electrons. The van der Waals surface area contributed by atoms with E-state index in [0.29, 0.717) is 0 Å². The fourth-order valence-electron chi connectivity index (χ4n) is 2.19. The first-order valence-electron chi connectivity index (χ1n) is 6.96. The van der Waals surface area contributed by atoms with Gasteiger partial charge in [0.25, 0.3) is 0 Å². The van der Waals surface area contributed by atoms with E-state index in [2.05, 4.69) is 36.1 Å². The molecule has 0 spiro atoms. The summed E-state index contributed by atoms with van der Waals surface area (Å²) in [5.41, 5.74) is 3.37. The maximum absolute atomic E-state index is 5.75. The predicted octanol–water partition coefficient (Wildman–Crippen LogP) is 2.40. The number of aryl methyl sites for hydroxylation is 2. The lowest BCUT2D eigenvalue weighted by atomic mass is 10.1. The molecule has 1 aliphatic rings. The van der Waals surface area contributed by atoms with Gasteiger partial charge in [0.05, 0.1) is 6.61 Å². The van der Waals surface area contributed by atoms with Crippen LogP contribution >= 0.6 is 11.8 Å². The lowest BCUT2D eigenvalue weighted by Crippen LogP contribution is -2.21. The van der Waals surface area contributed by atoms with Gasteiger partial charge in [0.2, 0.25) is 0 Å². The van der Waals surface area contributed by atoms with Crippen LogP contribution in [0.4, 0.5) is 0 Å². The topological polar surface area (TPSA) is 47.0 Å². The van der Waals surface area contributed by atoms with E-state index in [1.165, 1.54) is 5.56 Å². The third-order valence-electron chi connectivity index (χ3n) is 3.27. The molecule has 1 fully saturated rings. The third-order valence-corrected chi connectivity index (χ3v) is 4.26. The van der Waals surface area contributed by atoms with Gasteiger partial charge in [-0.15, -0.1) is 0 Å². The second-order valence-corrected chi connectivity index (χ2v) is 5.99. The van der Waals surface area contributed by atoms with Gasteiger partial charge in [0, 0.05) is 35.0 Å². The summed E-state index contributed by atoms with van der Waals surface area (Å²) in [5, 5.41) is 3.42. The number of ether oxygens (including phenoxy) is 1. The van der Waals surface area contributed by atoms with Crippen LogP contribution in [-0.2, 0) is 11.3 Å². The van der Waals surface area contributed by atoms with Crippen molar-refractivity contribution in [3.05, 3.63) is 22.8 Å². The van der Waals surface area contributed by atoms with Crippen LogP contribution in [0, 0.1) is 13.8 Å². The molecule has 4 nitrogen and oxygen atoms in total. The molecule has 0 amide bonds. The summed E-state index contributed by atoms with van der Waals surface area (Å²) in [5.74, 6) is 2.89. The fraction of sp³-hybridized carbons (Fsp3) is 0.714. The zero-order valence-corrected chi connectivity index (χ0v) is 12.8. The molecule has 0 aliphatic carbocycles. The Balaban J connectivity index is 2.11. The predicted molar refractivity (Wildman–Crippen MR) is 79.5 cm³/mol. The Morgan fingerprint density at radius 2 is 2.05 bits per heavy atom. The first kappa shape index (κ1) is 14.8. The van der Waals surface area contributed by atoms with Crippen molar-refractivity contribution in [1.29, 1.82) is 0 Å². The molecule has 1 atom stereocenters. The summed E-state index contributed by atoms with van der Waals surface area (Å²) in [6.07, 6.45) is 1.21. The SMILES string of the molecule is CCCNCc1c(C)nc(C2CSCCO2)nc1C. The Hall–Kier alpha value is -0.650. The van der Waals surface area contributed by atoms with Gasteiger partial charge in [-0.25, -0.2) is 9.97 Å². The highest BCUT2D eigenvalue weighted by molar-refractivity contribution is 7.99. The second kappa shape index (κ2) is 7.22. The van der Waals surface area contributed by atoms with Gasteiger partial charge >= 0.3 is 0 Å². The first-order valence-corrected chi connectivity index (χ1v) is 8.12. The maximum atomic E-state index is 5.75. The fourth-order valence-corrected chi connectivity index (χ4v) is 3.03. The van der Waals surface area contributed by atoms with Crippen molar-refractivity contribution in [2.45, 2.75) is 39.8 Å². The molecule has 1 N–H and O–H groups in total. The minimum Gasteiger partial charge on any atom is -0.368 e. The van der Waals surface area contributed by atoms with Crippen molar-refractivity contribution in [1.82, 2.24) is 15.3 Å². The van der Waals surface area contributed by atoms with E-state index < -0.39 is 0 Å². The normalized spacial score (nSPS) is 19.6. The summed E-state index contributed by atoms with van der Waals surface area (Å²) in [6, 6.07) is 0. The van der Waals surface area contributed by atoms with E-state index in [1.807, 2.05) is 11.8 Å². The minimum atomic E-state index is 0.0637. The molecular formula is C14H23N3OS. The number of hydrogen-bond donors (Lipinski definition) is 1. The Bertz CT molecular complexity index is 396. The van der Waals surface area contributed by atoms with Crippen molar-refractivity contribution in [3.8, 4) is 0 Å². The van der Waals surface area contributed by atoms with Crippen molar-refractivity contribution >= 4 is 11.8 Å². The largest absolute Gasteiger partial charge is 0.368 e. The van der Waals surface area contributed by atoms with Crippen LogP contribution in [0.25, 0.3) is 0 Å². The van der Waals surface area contributed by atoms with Crippen molar-refractivity contribution in [2.75, 3.05) is 24.7 Å². The smallest absolute Gasteiger partial charge is 0.158 e. The summed E-state index contributed by atoms with van der Waals surface area (Å²) in [7, 11) is 0. The van der Waals surface area contributed by atoms with Gasteiger partial charge in [-0.1, -0.05) is 6.92 Å². The number of nitrogens with zero attached hydrogens (tertiary/aromatic N) is 2. The minimum absolute atomic E-state index is 0.0637. The highest BCUT2D eigenvalue weighted by Gasteiger charge is 2.20. The van der Waals surface area contributed by atoms with E-state index in [4.69, 9.17) is 4.74 Å². The molecule has 2 rings (SSSR count). The molecule has 2 heterocycles. The van der Waals surface area contributed by atoms with E-state index in [0.717, 1.165) is 54.8 Å². The summed E-state index contributed by atoms with van der Waals surface area (Å²) in [6.45, 7) is 8.99. The maximum Gasteiger partial charge on any atom is 0.158 e. The van der Waals surface area contributed by atoms with Gasteiger partial charge in [-0.3, -0.25) is 0 Å². The molecule has 5 heteroatoms. The number of aromatic nitrogens is 2.